The number of imidazole rings is 1. The van der Waals surface area contributed by atoms with Crippen LogP contribution in [0.3, 0.4) is 0 Å². The van der Waals surface area contributed by atoms with Crippen molar-refractivity contribution in [1.82, 2.24) is 25.9 Å². The zero-order chi connectivity index (χ0) is 30.2. The quantitative estimate of drug-likeness (QED) is 0.0927. The fourth-order valence-electron chi connectivity index (χ4n) is 4.12. The molecule has 12 N–H and O–H groups in total. The highest BCUT2D eigenvalue weighted by molar-refractivity contribution is 5.94. The molecule has 4 atom stereocenters. The molecule has 0 saturated heterocycles. The van der Waals surface area contributed by atoms with E-state index in [-0.39, 0.29) is 25.0 Å². The van der Waals surface area contributed by atoms with Crippen LogP contribution in [0, 0.1) is 0 Å². The van der Waals surface area contributed by atoms with Crippen LogP contribution < -0.4 is 33.2 Å². The SMILES string of the molecule is NCCCCC(N)C(=O)NC(CCCCN)C(=O)NC(Cc1cnc[nH]1)C(=O)NC(Cc1ccc(O)cc1)C(=O)O. The van der Waals surface area contributed by atoms with Crippen LogP contribution in [-0.4, -0.2) is 81.1 Å². The molecule has 0 fully saturated rings. The number of aromatic amines is 1. The molecule has 0 aliphatic carbocycles. The van der Waals surface area contributed by atoms with E-state index in [0.29, 0.717) is 50.0 Å². The number of aromatic nitrogens is 2. The van der Waals surface area contributed by atoms with E-state index in [9.17, 15) is 29.4 Å². The smallest absolute Gasteiger partial charge is 0.326 e. The first-order valence-electron chi connectivity index (χ1n) is 13.7. The number of H-pyrrole nitrogens is 1. The zero-order valence-corrected chi connectivity index (χ0v) is 23.1. The Kier molecular flexibility index (Phi) is 14.3. The van der Waals surface area contributed by atoms with Crippen LogP contribution in [0.2, 0.25) is 0 Å². The number of rotatable bonds is 19. The molecule has 0 aliphatic rings. The number of nitrogens with two attached hydrogens (primary N) is 3. The molecule has 226 valence electrons. The summed E-state index contributed by atoms with van der Waals surface area (Å²) >= 11 is 0. The Morgan fingerprint density at radius 1 is 0.805 bits per heavy atom. The lowest BCUT2D eigenvalue weighted by Crippen LogP contribution is -2.57. The maximum atomic E-state index is 13.4. The van der Waals surface area contributed by atoms with Gasteiger partial charge in [0.25, 0.3) is 0 Å². The van der Waals surface area contributed by atoms with Gasteiger partial charge >= 0.3 is 5.97 Å². The molecule has 41 heavy (non-hydrogen) atoms. The van der Waals surface area contributed by atoms with Crippen molar-refractivity contribution in [3.63, 3.8) is 0 Å². The Morgan fingerprint density at radius 2 is 1.39 bits per heavy atom. The van der Waals surface area contributed by atoms with Crippen LogP contribution in [-0.2, 0) is 32.0 Å². The number of carboxylic acids is 1. The normalized spacial score (nSPS) is 13.9. The molecule has 4 unspecified atom stereocenters. The Labute approximate surface area is 238 Å². The second kappa shape index (κ2) is 17.6. The Bertz CT molecular complexity index is 1100. The highest BCUT2D eigenvalue weighted by Crippen LogP contribution is 2.12. The van der Waals surface area contributed by atoms with Gasteiger partial charge in [0.2, 0.25) is 17.7 Å². The first-order chi connectivity index (χ1) is 19.6. The minimum atomic E-state index is -1.31. The summed E-state index contributed by atoms with van der Waals surface area (Å²) in [5.41, 5.74) is 18.2. The Morgan fingerprint density at radius 3 is 1.98 bits per heavy atom. The van der Waals surface area contributed by atoms with Crippen LogP contribution in [0.1, 0.15) is 49.8 Å². The van der Waals surface area contributed by atoms with E-state index in [0.717, 1.165) is 6.42 Å². The van der Waals surface area contributed by atoms with Gasteiger partial charge in [0.05, 0.1) is 12.4 Å². The van der Waals surface area contributed by atoms with E-state index in [1.807, 2.05) is 0 Å². The average molecular weight is 575 g/mol. The number of aliphatic carboxylic acids is 1. The highest BCUT2D eigenvalue weighted by atomic mass is 16.4. The van der Waals surface area contributed by atoms with Crippen molar-refractivity contribution in [2.75, 3.05) is 13.1 Å². The van der Waals surface area contributed by atoms with Gasteiger partial charge in [0, 0.05) is 24.7 Å². The second-order valence-electron chi connectivity index (χ2n) is 9.85. The Hall–Kier alpha value is -4.01. The molecule has 1 aromatic heterocycles. The first kappa shape index (κ1) is 33.2. The minimum absolute atomic E-state index is 0.00874. The lowest BCUT2D eigenvalue weighted by Gasteiger charge is -2.25. The number of amides is 3. The van der Waals surface area contributed by atoms with Crippen LogP contribution in [0.25, 0.3) is 0 Å². The van der Waals surface area contributed by atoms with E-state index in [4.69, 9.17) is 17.2 Å². The van der Waals surface area contributed by atoms with Crippen LogP contribution in [0.15, 0.2) is 36.8 Å². The number of phenols is 1. The molecule has 14 heteroatoms. The summed E-state index contributed by atoms with van der Waals surface area (Å²) in [6.45, 7) is 0.888. The number of aromatic hydroxyl groups is 1. The number of hydrogen-bond donors (Lipinski definition) is 9. The summed E-state index contributed by atoms with van der Waals surface area (Å²) in [7, 11) is 0. The molecule has 1 aromatic carbocycles. The summed E-state index contributed by atoms with van der Waals surface area (Å²) in [6.07, 6.45) is 6.06. The molecular formula is C27H42N8O6. The summed E-state index contributed by atoms with van der Waals surface area (Å²) < 4.78 is 0. The van der Waals surface area contributed by atoms with Crippen LogP contribution in [0.4, 0.5) is 0 Å². The van der Waals surface area contributed by atoms with Gasteiger partial charge < -0.3 is 48.3 Å². The maximum absolute atomic E-state index is 13.4. The minimum Gasteiger partial charge on any atom is -0.508 e. The van der Waals surface area contributed by atoms with Crippen LogP contribution >= 0.6 is 0 Å². The van der Waals surface area contributed by atoms with Crippen LogP contribution in [0.5, 0.6) is 5.75 Å². The number of carbonyl (C=O) groups excluding carboxylic acids is 3. The number of nitrogens with zero attached hydrogens (tertiary/aromatic N) is 1. The largest absolute Gasteiger partial charge is 0.508 e. The maximum Gasteiger partial charge on any atom is 0.326 e. The number of benzene rings is 1. The first-order valence-corrected chi connectivity index (χ1v) is 13.7. The lowest BCUT2D eigenvalue weighted by atomic mass is 10.0. The molecule has 0 radical (unpaired) electrons. The van der Waals surface area contributed by atoms with Gasteiger partial charge in [0.1, 0.15) is 23.9 Å². The molecule has 0 bridgehead atoms. The van der Waals surface area contributed by atoms with Gasteiger partial charge in [-0.15, -0.1) is 0 Å². The van der Waals surface area contributed by atoms with Gasteiger partial charge in [-0.3, -0.25) is 14.4 Å². The fraction of sp³-hybridized carbons (Fsp3) is 0.519. The molecule has 14 nitrogen and oxygen atoms in total. The third-order valence-corrected chi connectivity index (χ3v) is 6.49. The molecule has 2 aromatic rings. The van der Waals surface area contributed by atoms with Crippen molar-refractivity contribution in [2.24, 2.45) is 17.2 Å². The standard InChI is InChI=1S/C27H42N8O6/c28-11-3-1-5-20(30)24(37)33-21(6-2-4-12-29)25(38)34-22(14-18-15-31-16-32-18)26(39)35-23(27(40)41)13-17-7-9-19(36)10-8-17/h7-10,15-16,20-23,36H,1-6,11-14,28-30H2,(H,31,32)(H,33,37)(H,34,38)(H,35,39)(H,40,41). The predicted molar refractivity (Wildman–Crippen MR) is 151 cm³/mol. The van der Waals surface area contributed by atoms with Gasteiger partial charge in [-0.2, -0.15) is 0 Å². The lowest BCUT2D eigenvalue weighted by molar-refractivity contribution is -0.142. The van der Waals surface area contributed by atoms with Crippen molar-refractivity contribution in [3.8, 4) is 5.75 Å². The number of carbonyl (C=O) groups is 4. The summed E-state index contributed by atoms with van der Waals surface area (Å²) in [5.74, 6) is -3.09. The van der Waals surface area contributed by atoms with Crippen molar-refractivity contribution in [3.05, 3.63) is 48.0 Å². The molecule has 0 saturated carbocycles. The van der Waals surface area contributed by atoms with E-state index >= 15 is 0 Å². The number of nitrogens with one attached hydrogen (secondary N) is 4. The third kappa shape index (κ3) is 11.9. The molecular weight excluding hydrogens is 532 g/mol. The van der Waals surface area contributed by atoms with E-state index < -0.39 is 47.9 Å². The number of unbranched alkanes of at least 4 members (excludes halogenated alkanes) is 2. The monoisotopic (exact) mass is 574 g/mol. The molecule has 0 aliphatic heterocycles. The topological polar surface area (TPSA) is 252 Å². The van der Waals surface area contributed by atoms with Gasteiger partial charge in [0.15, 0.2) is 0 Å². The highest BCUT2D eigenvalue weighted by Gasteiger charge is 2.30. The van der Waals surface area contributed by atoms with Crippen molar-refractivity contribution in [1.29, 1.82) is 0 Å². The Balaban J connectivity index is 2.18. The molecule has 1 heterocycles. The predicted octanol–water partition coefficient (Wildman–Crippen LogP) is -0.975. The zero-order valence-electron chi connectivity index (χ0n) is 23.1. The number of hydrogen-bond acceptors (Lipinski definition) is 9. The van der Waals surface area contributed by atoms with E-state index in [1.54, 1.807) is 12.1 Å². The van der Waals surface area contributed by atoms with Gasteiger partial charge in [-0.1, -0.05) is 18.6 Å². The average Bonchev–Trinajstić information content (AvgIpc) is 3.46. The number of carboxylic acid groups (broad SMARTS) is 1. The van der Waals surface area contributed by atoms with Crippen molar-refractivity contribution in [2.45, 2.75) is 75.5 Å². The molecule has 2 rings (SSSR count). The van der Waals surface area contributed by atoms with Gasteiger partial charge in [-0.05, 0) is 62.9 Å². The summed E-state index contributed by atoms with van der Waals surface area (Å²) in [6, 6.07) is 1.64. The number of phenolic OH excluding ortho intramolecular Hbond substituents is 1. The van der Waals surface area contributed by atoms with Crippen molar-refractivity contribution >= 4 is 23.7 Å². The third-order valence-electron chi connectivity index (χ3n) is 6.49. The molecule has 0 spiro atoms. The van der Waals surface area contributed by atoms with Gasteiger partial charge in [-0.25, -0.2) is 9.78 Å². The second-order valence-corrected chi connectivity index (χ2v) is 9.85. The van der Waals surface area contributed by atoms with E-state index in [1.165, 1.54) is 24.7 Å². The fourth-order valence-corrected chi connectivity index (χ4v) is 4.12. The summed E-state index contributed by atoms with van der Waals surface area (Å²) in [4.78, 5) is 58.2. The van der Waals surface area contributed by atoms with E-state index in [2.05, 4.69) is 25.9 Å². The molecule has 3 amide bonds. The van der Waals surface area contributed by atoms with Crippen molar-refractivity contribution < 1.29 is 29.4 Å². The summed E-state index contributed by atoms with van der Waals surface area (Å²) in [5, 5.41) is 27.1.